The van der Waals surface area contributed by atoms with E-state index < -0.39 is 4.92 Å². The summed E-state index contributed by atoms with van der Waals surface area (Å²) in [7, 11) is 1.67. The van der Waals surface area contributed by atoms with Crippen molar-refractivity contribution in [2.75, 3.05) is 0 Å². The number of aryl methyl sites for hydroxylation is 1. The van der Waals surface area contributed by atoms with Crippen LogP contribution >= 0.6 is 0 Å². The van der Waals surface area contributed by atoms with Gasteiger partial charge < -0.3 is 0 Å². The molecule has 1 aromatic heterocycles. The van der Waals surface area contributed by atoms with Crippen LogP contribution in [0.1, 0.15) is 19.5 Å². The molecule has 0 radical (unpaired) electrons. The largest absolute Gasteiger partial charge is 0.309 e. The Bertz CT molecular complexity index is 268. The van der Waals surface area contributed by atoms with Crippen molar-refractivity contribution in [3.05, 3.63) is 22.0 Å². The lowest BCUT2D eigenvalue weighted by Crippen LogP contribution is -1.94. The third kappa shape index (κ3) is 2.05. The van der Waals surface area contributed by atoms with Gasteiger partial charge in [0.15, 0.2) is 0 Å². The van der Waals surface area contributed by atoms with E-state index >= 15 is 0 Å². The highest BCUT2D eigenvalue weighted by atomic mass is 16.6. The molecule has 0 unspecified atom stereocenters. The SMILES string of the molecule is CC.Cc1c([N+](=O)[O-])cnn1C. The Hall–Kier alpha value is -1.39. The smallest absolute Gasteiger partial charge is 0.266 e. The Labute approximate surface area is 71.2 Å². The molecule has 0 fully saturated rings. The lowest BCUT2D eigenvalue weighted by molar-refractivity contribution is -0.385. The van der Waals surface area contributed by atoms with Crippen LogP contribution in [0.15, 0.2) is 6.20 Å². The quantitative estimate of drug-likeness (QED) is 0.477. The van der Waals surface area contributed by atoms with Gasteiger partial charge in [-0.05, 0) is 6.92 Å². The molecule has 0 aromatic carbocycles. The zero-order chi connectivity index (χ0) is 9.72. The Kier molecular flexibility index (Phi) is 3.96. The third-order valence-electron chi connectivity index (χ3n) is 1.41. The molecule has 0 saturated carbocycles. The second kappa shape index (κ2) is 4.48. The summed E-state index contributed by atoms with van der Waals surface area (Å²) in [5.74, 6) is 0. The van der Waals surface area contributed by atoms with Crippen molar-refractivity contribution in [1.82, 2.24) is 9.78 Å². The van der Waals surface area contributed by atoms with Gasteiger partial charge in [0.05, 0.1) is 4.92 Å². The van der Waals surface area contributed by atoms with Crippen molar-refractivity contribution in [2.24, 2.45) is 7.05 Å². The van der Waals surface area contributed by atoms with E-state index in [0.717, 1.165) is 0 Å². The van der Waals surface area contributed by atoms with Gasteiger partial charge in [-0.25, -0.2) is 0 Å². The van der Waals surface area contributed by atoms with Crippen molar-refractivity contribution in [3.63, 3.8) is 0 Å². The molecule has 1 aromatic rings. The van der Waals surface area contributed by atoms with Crippen LogP contribution in [0.25, 0.3) is 0 Å². The van der Waals surface area contributed by atoms with Crippen LogP contribution in [0.2, 0.25) is 0 Å². The number of rotatable bonds is 1. The second-order valence-corrected chi connectivity index (χ2v) is 2.00. The first kappa shape index (κ1) is 10.6. The first-order valence-corrected chi connectivity index (χ1v) is 3.76. The molecular formula is C7H13N3O2. The second-order valence-electron chi connectivity index (χ2n) is 2.00. The lowest BCUT2D eigenvalue weighted by atomic mass is 10.4. The van der Waals surface area contributed by atoms with E-state index in [1.807, 2.05) is 13.8 Å². The molecule has 5 heteroatoms. The minimum atomic E-state index is -0.442. The molecule has 0 bridgehead atoms. The van der Waals surface area contributed by atoms with E-state index in [1.165, 1.54) is 10.9 Å². The van der Waals surface area contributed by atoms with Crippen molar-refractivity contribution in [2.45, 2.75) is 20.8 Å². The average Bonchev–Trinajstić information content (AvgIpc) is 2.37. The fourth-order valence-corrected chi connectivity index (χ4v) is 0.666. The van der Waals surface area contributed by atoms with Crippen LogP contribution in [0.3, 0.4) is 0 Å². The van der Waals surface area contributed by atoms with Crippen LogP contribution in [0, 0.1) is 17.0 Å². The Balaban J connectivity index is 0.000000561. The Morgan fingerprint density at radius 2 is 2.08 bits per heavy atom. The minimum absolute atomic E-state index is 0.0718. The maximum Gasteiger partial charge on any atom is 0.309 e. The van der Waals surface area contributed by atoms with E-state index in [1.54, 1.807) is 14.0 Å². The highest BCUT2D eigenvalue weighted by molar-refractivity contribution is 5.31. The van der Waals surface area contributed by atoms with Crippen molar-refractivity contribution < 1.29 is 4.92 Å². The van der Waals surface area contributed by atoms with Gasteiger partial charge in [-0.3, -0.25) is 14.8 Å². The number of nitro groups is 1. The average molecular weight is 171 g/mol. The third-order valence-corrected chi connectivity index (χ3v) is 1.41. The van der Waals surface area contributed by atoms with Crippen LogP contribution in [-0.2, 0) is 7.05 Å². The molecule has 0 aliphatic heterocycles. The van der Waals surface area contributed by atoms with Crippen molar-refractivity contribution in [3.8, 4) is 0 Å². The number of aromatic nitrogens is 2. The van der Waals surface area contributed by atoms with Crippen LogP contribution in [0.4, 0.5) is 5.69 Å². The first-order chi connectivity index (χ1) is 5.63. The molecule has 0 spiro atoms. The molecular weight excluding hydrogens is 158 g/mol. The highest BCUT2D eigenvalue weighted by Crippen LogP contribution is 2.13. The van der Waals surface area contributed by atoms with Crippen molar-refractivity contribution >= 4 is 5.69 Å². The molecule has 0 aliphatic carbocycles. The summed E-state index contributed by atoms with van der Waals surface area (Å²) in [6, 6.07) is 0. The van der Waals surface area contributed by atoms with Gasteiger partial charge in [-0.1, -0.05) is 13.8 Å². The molecule has 5 nitrogen and oxygen atoms in total. The maximum absolute atomic E-state index is 10.2. The minimum Gasteiger partial charge on any atom is -0.266 e. The Morgan fingerprint density at radius 3 is 2.25 bits per heavy atom. The summed E-state index contributed by atoms with van der Waals surface area (Å²) in [6.45, 7) is 5.66. The summed E-state index contributed by atoms with van der Waals surface area (Å²) in [4.78, 5) is 9.75. The van der Waals surface area contributed by atoms with Gasteiger partial charge in [0.1, 0.15) is 11.9 Å². The van der Waals surface area contributed by atoms with Crippen LogP contribution in [-0.4, -0.2) is 14.7 Å². The van der Waals surface area contributed by atoms with Gasteiger partial charge in [0, 0.05) is 7.05 Å². The summed E-state index contributed by atoms with van der Waals surface area (Å²) in [5, 5.41) is 13.9. The van der Waals surface area contributed by atoms with E-state index in [9.17, 15) is 10.1 Å². The summed E-state index contributed by atoms with van der Waals surface area (Å²) < 4.78 is 1.47. The van der Waals surface area contributed by atoms with E-state index in [-0.39, 0.29) is 5.69 Å². The molecule has 0 saturated heterocycles. The van der Waals surface area contributed by atoms with E-state index in [0.29, 0.717) is 5.69 Å². The molecule has 68 valence electrons. The lowest BCUT2D eigenvalue weighted by Gasteiger charge is -1.89. The standard InChI is InChI=1S/C5H7N3O2.C2H6/c1-4-5(8(9)10)3-6-7(4)2;1-2/h3H,1-2H3;1-2H3. The molecule has 1 heterocycles. The number of nitrogens with zero attached hydrogens (tertiary/aromatic N) is 3. The van der Waals surface area contributed by atoms with E-state index in [2.05, 4.69) is 5.10 Å². The maximum atomic E-state index is 10.2. The normalized spacial score (nSPS) is 8.67. The fourth-order valence-electron chi connectivity index (χ4n) is 0.666. The molecule has 0 atom stereocenters. The van der Waals surface area contributed by atoms with Crippen molar-refractivity contribution in [1.29, 1.82) is 0 Å². The fraction of sp³-hybridized carbons (Fsp3) is 0.571. The Morgan fingerprint density at radius 1 is 1.58 bits per heavy atom. The molecule has 0 amide bonds. The highest BCUT2D eigenvalue weighted by Gasteiger charge is 2.13. The predicted octanol–water partition coefficient (Wildman–Crippen LogP) is 1.66. The zero-order valence-electron chi connectivity index (χ0n) is 7.74. The summed E-state index contributed by atoms with van der Waals surface area (Å²) >= 11 is 0. The van der Waals surface area contributed by atoms with Gasteiger partial charge in [0.25, 0.3) is 0 Å². The van der Waals surface area contributed by atoms with E-state index in [4.69, 9.17) is 0 Å². The molecule has 12 heavy (non-hydrogen) atoms. The van der Waals surface area contributed by atoms with Gasteiger partial charge in [0.2, 0.25) is 0 Å². The summed E-state index contributed by atoms with van der Waals surface area (Å²) in [5.41, 5.74) is 0.646. The molecule has 0 N–H and O–H groups in total. The topological polar surface area (TPSA) is 61.0 Å². The van der Waals surface area contributed by atoms with Gasteiger partial charge in [-0.2, -0.15) is 5.10 Å². The monoisotopic (exact) mass is 171 g/mol. The number of hydrogen-bond acceptors (Lipinski definition) is 3. The molecule has 1 rings (SSSR count). The van der Waals surface area contributed by atoms with Crippen LogP contribution in [0.5, 0.6) is 0 Å². The number of hydrogen-bond donors (Lipinski definition) is 0. The molecule has 0 aliphatic rings. The summed E-state index contributed by atoms with van der Waals surface area (Å²) in [6.07, 6.45) is 1.25. The zero-order valence-corrected chi connectivity index (χ0v) is 7.74. The predicted molar refractivity (Wildman–Crippen MR) is 45.9 cm³/mol. The van der Waals surface area contributed by atoms with Gasteiger partial charge >= 0.3 is 5.69 Å². The first-order valence-electron chi connectivity index (χ1n) is 3.76. The van der Waals surface area contributed by atoms with Gasteiger partial charge in [-0.15, -0.1) is 0 Å². The van der Waals surface area contributed by atoms with Crippen LogP contribution < -0.4 is 0 Å².